The Labute approximate surface area is 183 Å². The normalized spacial score (nSPS) is 15.5. The van der Waals surface area contributed by atoms with Crippen LogP contribution in [0.3, 0.4) is 0 Å². The number of rotatable bonds is 6. The predicted molar refractivity (Wildman–Crippen MR) is 123 cm³/mol. The first-order chi connectivity index (χ1) is 14.6. The number of nitrogen functional groups attached to an aromatic ring is 1. The number of nitrogens with two attached hydrogens (primary N) is 1. The first-order valence-corrected chi connectivity index (χ1v) is 11.9. The molecule has 3 heterocycles. The zero-order valence-corrected chi connectivity index (χ0v) is 18.5. The van der Waals surface area contributed by atoms with E-state index >= 15 is 0 Å². The van der Waals surface area contributed by atoms with Crippen molar-refractivity contribution >= 4 is 39.2 Å². The highest BCUT2D eigenvalue weighted by Crippen LogP contribution is 2.31. The summed E-state index contributed by atoms with van der Waals surface area (Å²) in [5.74, 6) is 6.17. The molecule has 3 N–H and O–H groups in total. The van der Waals surface area contributed by atoms with Crippen molar-refractivity contribution in [3.63, 3.8) is 0 Å². The van der Waals surface area contributed by atoms with E-state index in [9.17, 15) is 9.59 Å². The Hall–Kier alpha value is -2.36. The first kappa shape index (κ1) is 20.9. The zero-order valence-electron chi connectivity index (χ0n) is 16.8. The highest BCUT2D eigenvalue weighted by Gasteiger charge is 2.21. The van der Waals surface area contributed by atoms with Gasteiger partial charge in [-0.05, 0) is 24.9 Å². The van der Waals surface area contributed by atoms with E-state index in [4.69, 9.17) is 5.84 Å². The van der Waals surface area contributed by atoms with Crippen LogP contribution in [-0.2, 0) is 4.79 Å². The van der Waals surface area contributed by atoms with Gasteiger partial charge in [0.25, 0.3) is 5.56 Å². The molecule has 1 amide bonds. The monoisotopic (exact) mass is 443 g/mol. The van der Waals surface area contributed by atoms with Crippen molar-refractivity contribution in [3.8, 4) is 11.1 Å². The molecule has 0 radical (unpaired) electrons. The molecular weight excluding hydrogens is 418 g/mol. The highest BCUT2D eigenvalue weighted by atomic mass is 32.2. The molecule has 158 valence electrons. The largest absolute Gasteiger partial charge is 0.353 e. The van der Waals surface area contributed by atoms with Gasteiger partial charge in [-0.25, -0.2) is 9.66 Å². The zero-order chi connectivity index (χ0) is 21.1. The van der Waals surface area contributed by atoms with E-state index < -0.39 is 0 Å². The quantitative estimate of drug-likeness (QED) is 0.345. The Morgan fingerprint density at radius 2 is 2.03 bits per heavy atom. The molecule has 9 heteroatoms. The lowest BCUT2D eigenvalue weighted by atomic mass is 10.1. The van der Waals surface area contributed by atoms with Crippen LogP contribution in [0.1, 0.15) is 19.8 Å². The number of nitrogens with zero attached hydrogens (tertiary/aromatic N) is 3. The maximum absolute atomic E-state index is 12.9. The minimum absolute atomic E-state index is 0.0551. The maximum Gasteiger partial charge on any atom is 0.282 e. The highest BCUT2D eigenvalue weighted by molar-refractivity contribution is 7.99. The van der Waals surface area contributed by atoms with E-state index in [-0.39, 0.29) is 23.3 Å². The van der Waals surface area contributed by atoms with Crippen molar-refractivity contribution < 1.29 is 4.79 Å². The van der Waals surface area contributed by atoms with Gasteiger partial charge >= 0.3 is 0 Å². The fraction of sp³-hybridized carbons (Fsp3) is 0.381. The number of fused-ring (bicyclic) bond motifs is 1. The number of hydrogen-bond acceptors (Lipinski definition) is 7. The molecule has 0 atom stereocenters. The fourth-order valence-electron chi connectivity index (χ4n) is 3.71. The molecule has 1 aliphatic rings. The van der Waals surface area contributed by atoms with Crippen molar-refractivity contribution in [1.82, 2.24) is 19.9 Å². The molecule has 1 saturated heterocycles. The summed E-state index contributed by atoms with van der Waals surface area (Å²) in [4.78, 5) is 32.9. The van der Waals surface area contributed by atoms with Gasteiger partial charge in [-0.2, -0.15) is 0 Å². The third kappa shape index (κ3) is 4.38. The number of thiophene rings is 1. The fourth-order valence-corrected chi connectivity index (χ4v) is 5.43. The van der Waals surface area contributed by atoms with E-state index in [1.54, 1.807) is 0 Å². The SMILES string of the molecule is CCN1CCC(NC(=O)CSc2nc3scc(-c4ccccc4)c3c(=O)n2N)CC1. The number of hydrogen-bond donors (Lipinski definition) is 2. The van der Waals surface area contributed by atoms with Crippen molar-refractivity contribution in [2.45, 2.75) is 31.0 Å². The maximum atomic E-state index is 12.9. The molecule has 7 nitrogen and oxygen atoms in total. The van der Waals surface area contributed by atoms with Crippen LogP contribution < -0.4 is 16.7 Å². The van der Waals surface area contributed by atoms with Gasteiger partial charge in [0.1, 0.15) is 4.83 Å². The summed E-state index contributed by atoms with van der Waals surface area (Å²) in [5.41, 5.74) is 1.49. The van der Waals surface area contributed by atoms with Crippen molar-refractivity contribution in [3.05, 3.63) is 46.1 Å². The molecule has 1 fully saturated rings. The van der Waals surface area contributed by atoms with Gasteiger partial charge in [-0.15, -0.1) is 11.3 Å². The second-order valence-electron chi connectivity index (χ2n) is 7.33. The molecule has 3 aromatic rings. The summed E-state index contributed by atoms with van der Waals surface area (Å²) < 4.78 is 1.05. The number of thioether (sulfide) groups is 1. The second-order valence-corrected chi connectivity index (χ2v) is 9.13. The van der Waals surface area contributed by atoms with Crippen molar-refractivity contribution in [2.75, 3.05) is 31.2 Å². The average Bonchev–Trinajstić information content (AvgIpc) is 3.20. The smallest absolute Gasteiger partial charge is 0.282 e. The van der Waals surface area contributed by atoms with Crippen LogP contribution >= 0.6 is 23.1 Å². The molecule has 0 bridgehead atoms. The van der Waals surface area contributed by atoms with Crippen LogP contribution in [0.15, 0.2) is 45.7 Å². The summed E-state index contributed by atoms with van der Waals surface area (Å²) in [6.07, 6.45) is 1.93. The van der Waals surface area contributed by atoms with Gasteiger partial charge in [0.05, 0.1) is 11.1 Å². The third-order valence-electron chi connectivity index (χ3n) is 5.42. The van der Waals surface area contributed by atoms with Crippen LogP contribution in [0, 0.1) is 0 Å². The predicted octanol–water partition coefficient (Wildman–Crippen LogP) is 2.53. The Morgan fingerprint density at radius 3 is 2.73 bits per heavy atom. The number of benzene rings is 1. The molecule has 0 aliphatic carbocycles. The third-order valence-corrected chi connectivity index (χ3v) is 7.25. The van der Waals surface area contributed by atoms with Gasteiger partial charge in [0.15, 0.2) is 5.16 Å². The molecular formula is C21H25N5O2S2. The molecule has 1 aromatic carbocycles. The van der Waals surface area contributed by atoms with Crippen molar-refractivity contribution in [2.24, 2.45) is 0 Å². The molecule has 0 spiro atoms. The number of carbonyl (C=O) groups is 1. The molecule has 4 rings (SSSR count). The molecule has 30 heavy (non-hydrogen) atoms. The second kappa shape index (κ2) is 9.20. The van der Waals surface area contributed by atoms with Crippen LogP contribution in [0.25, 0.3) is 21.3 Å². The first-order valence-electron chi connectivity index (χ1n) is 10.1. The number of piperidine rings is 1. The Bertz CT molecular complexity index is 1090. The molecule has 2 aromatic heterocycles. The van der Waals surface area contributed by atoms with Crippen LogP contribution in [0.4, 0.5) is 0 Å². The lowest BCUT2D eigenvalue weighted by Crippen LogP contribution is -2.45. The summed E-state index contributed by atoms with van der Waals surface area (Å²) in [6, 6.07) is 9.93. The summed E-state index contributed by atoms with van der Waals surface area (Å²) in [7, 11) is 0. The summed E-state index contributed by atoms with van der Waals surface area (Å²) in [6.45, 7) is 5.23. The Balaban J connectivity index is 1.46. The van der Waals surface area contributed by atoms with Gasteiger partial charge in [-0.3, -0.25) is 9.59 Å². The number of likely N-dealkylation sites (tertiary alicyclic amines) is 1. The number of carbonyl (C=O) groups excluding carboxylic acids is 1. The van der Waals surface area contributed by atoms with E-state index in [1.807, 2.05) is 35.7 Å². The van der Waals surface area contributed by atoms with Crippen LogP contribution in [-0.4, -0.2) is 51.9 Å². The van der Waals surface area contributed by atoms with Gasteiger partial charge in [0.2, 0.25) is 5.91 Å². The molecule has 1 aliphatic heterocycles. The standard InChI is InChI=1S/C21H25N5O2S2/c1-2-25-10-8-15(9-11-25)23-17(27)13-30-21-24-19-18(20(28)26(21)22)16(12-29-19)14-6-4-3-5-7-14/h3-7,12,15H,2,8-11,13,22H2,1H3,(H,23,27). The molecule has 0 saturated carbocycles. The minimum atomic E-state index is -0.296. The number of nitrogens with one attached hydrogen (secondary N) is 1. The van der Waals surface area contributed by atoms with E-state index in [2.05, 4.69) is 22.1 Å². The van der Waals surface area contributed by atoms with Crippen LogP contribution in [0.2, 0.25) is 0 Å². The van der Waals surface area contributed by atoms with E-state index in [0.29, 0.717) is 15.4 Å². The Kier molecular flexibility index (Phi) is 6.40. The topological polar surface area (TPSA) is 93.2 Å². The molecule has 0 unspecified atom stereocenters. The van der Waals surface area contributed by atoms with Crippen LogP contribution in [0.5, 0.6) is 0 Å². The number of aromatic nitrogens is 2. The summed E-state index contributed by atoms with van der Waals surface area (Å²) >= 11 is 2.61. The van der Waals surface area contributed by atoms with Gasteiger partial charge in [-0.1, -0.05) is 49.0 Å². The average molecular weight is 444 g/mol. The lowest BCUT2D eigenvalue weighted by molar-refractivity contribution is -0.119. The van der Waals surface area contributed by atoms with E-state index in [1.165, 1.54) is 23.1 Å². The lowest BCUT2D eigenvalue weighted by Gasteiger charge is -2.31. The van der Waals surface area contributed by atoms with E-state index in [0.717, 1.165) is 48.3 Å². The van der Waals surface area contributed by atoms with Gasteiger partial charge < -0.3 is 16.1 Å². The number of amides is 1. The Morgan fingerprint density at radius 1 is 1.30 bits per heavy atom. The van der Waals surface area contributed by atoms with Gasteiger partial charge in [0, 0.05) is 30.1 Å². The summed E-state index contributed by atoms with van der Waals surface area (Å²) in [5, 5.41) is 5.89. The van der Waals surface area contributed by atoms with Crippen molar-refractivity contribution in [1.29, 1.82) is 0 Å². The minimum Gasteiger partial charge on any atom is -0.353 e.